The minimum absolute atomic E-state index is 0.280. The fourth-order valence-electron chi connectivity index (χ4n) is 1.90. The lowest BCUT2D eigenvalue weighted by atomic mass is 10.0. The molecule has 0 fully saturated rings. The number of hydrogen-bond acceptors (Lipinski definition) is 6. The summed E-state index contributed by atoms with van der Waals surface area (Å²) in [6, 6.07) is 6.70. The molecular formula is C17H23N3O6. The lowest BCUT2D eigenvalue weighted by Gasteiger charge is -2.22. The molecule has 9 nitrogen and oxygen atoms in total. The minimum atomic E-state index is -1.24. The van der Waals surface area contributed by atoms with E-state index in [4.69, 9.17) is 15.2 Å². The van der Waals surface area contributed by atoms with Gasteiger partial charge in [0.25, 0.3) is 11.8 Å². The van der Waals surface area contributed by atoms with Gasteiger partial charge in [-0.2, -0.15) is 0 Å². The number of hydrogen-bond donors (Lipinski definition) is 3. The highest BCUT2D eigenvalue weighted by atomic mass is 16.5. The van der Waals surface area contributed by atoms with Gasteiger partial charge in [0, 0.05) is 0 Å². The Morgan fingerprint density at radius 2 is 1.69 bits per heavy atom. The number of carbonyl (C=O) groups is 4. The number of carbonyl (C=O) groups excluding carboxylic acids is 4. The van der Waals surface area contributed by atoms with Crippen molar-refractivity contribution < 1.29 is 28.7 Å². The smallest absolute Gasteiger partial charge is 0.329 e. The van der Waals surface area contributed by atoms with E-state index in [0.29, 0.717) is 5.75 Å². The van der Waals surface area contributed by atoms with Crippen LogP contribution in [0.25, 0.3) is 0 Å². The van der Waals surface area contributed by atoms with Gasteiger partial charge in [0.1, 0.15) is 11.8 Å². The normalized spacial score (nSPS) is 12.6. The van der Waals surface area contributed by atoms with Crippen LogP contribution in [0.2, 0.25) is 0 Å². The molecule has 1 aromatic carbocycles. The van der Waals surface area contributed by atoms with Crippen LogP contribution in [0.1, 0.15) is 20.8 Å². The standard InChI is InChI=1S/C17H23N3O6/c1-10(2)14(16(23)26-11(3)15(22)20-17(18)24)19-13(21)9-25-12-7-5-4-6-8-12/h4-8,10-11,14H,9H2,1-3H3,(H,19,21)(H3,18,20,22,24)/t11-,14-/m0/s1. The first kappa shape index (κ1) is 20.9. The van der Waals surface area contributed by atoms with Crippen molar-refractivity contribution in [2.24, 2.45) is 11.7 Å². The van der Waals surface area contributed by atoms with Crippen molar-refractivity contribution in [1.82, 2.24) is 10.6 Å². The number of imide groups is 1. The number of urea groups is 1. The van der Waals surface area contributed by atoms with Crippen LogP contribution in [0, 0.1) is 5.92 Å². The third-order valence-electron chi connectivity index (χ3n) is 3.26. The number of ether oxygens (including phenoxy) is 2. The van der Waals surface area contributed by atoms with E-state index < -0.39 is 36.0 Å². The second-order valence-corrected chi connectivity index (χ2v) is 5.82. The van der Waals surface area contributed by atoms with Crippen molar-refractivity contribution in [3.63, 3.8) is 0 Å². The Labute approximate surface area is 151 Å². The zero-order valence-corrected chi connectivity index (χ0v) is 14.9. The lowest BCUT2D eigenvalue weighted by Crippen LogP contribution is -2.49. The Kier molecular flexibility index (Phi) is 8.07. The summed E-state index contributed by atoms with van der Waals surface area (Å²) >= 11 is 0. The van der Waals surface area contributed by atoms with E-state index >= 15 is 0 Å². The second kappa shape index (κ2) is 10.0. The molecule has 26 heavy (non-hydrogen) atoms. The number of nitrogens with two attached hydrogens (primary N) is 1. The van der Waals surface area contributed by atoms with E-state index in [9.17, 15) is 19.2 Å². The van der Waals surface area contributed by atoms with Gasteiger partial charge in [-0.25, -0.2) is 9.59 Å². The Hall–Kier alpha value is -3.10. The highest BCUT2D eigenvalue weighted by molar-refractivity contribution is 5.96. The molecule has 0 aliphatic rings. The summed E-state index contributed by atoms with van der Waals surface area (Å²) in [5, 5.41) is 4.32. The molecule has 4 amide bonds. The van der Waals surface area contributed by atoms with Crippen LogP contribution in [0.5, 0.6) is 5.75 Å². The van der Waals surface area contributed by atoms with Crippen LogP contribution < -0.4 is 21.1 Å². The summed E-state index contributed by atoms with van der Waals surface area (Å²) in [5.41, 5.74) is 4.83. The Morgan fingerprint density at radius 3 is 2.23 bits per heavy atom. The SMILES string of the molecule is CC(C)[C@H](NC(=O)COc1ccccc1)C(=O)O[C@@H](C)C(=O)NC(N)=O. The molecule has 0 aliphatic heterocycles. The quantitative estimate of drug-likeness (QED) is 0.568. The summed E-state index contributed by atoms with van der Waals surface area (Å²) in [5.74, 6) is -1.95. The highest BCUT2D eigenvalue weighted by Crippen LogP contribution is 2.09. The molecule has 0 saturated heterocycles. The number of rotatable bonds is 8. The summed E-state index contributed by atoms with van der Waals surface area (Å²) < 4.78 is 10.3. The van der Waals surface area contributed by atoms with Crippen molar-refractivity contribution >= 4 is 23.8 Å². The number of nitrogens with one attached hydrogen (secondary N) is 2. The van der Waals surface area contributed by atoms with E-state index in [0.717, 1.165) is 0 Å². The fraction of sp³-hybridized carbons (Fsp3) is 0.412. The van der Waals surface area contributed by atoms with Crippen molar-refractivity contribution in [2.45, 2.75) is 32.9 Å². The van der Waals surface area contributed by atoms with Crippen LogP contribution in [0.3, 0.4) is 0 Å². The van der Waals surface area contributed by atoms with Crippen LogP contribution in [-0.2, 0) is 19.1 Å². The molecule has 1 aromatic rings. The molecule has 0 radical (unpaired) electrons. The maximum absolute atomic E-state index is 12.2. The Morgan fingerprint density at radius 1 is 1.08 bits per heavy atom. The van der Waals surface area contributed by atoms with E-state index in [2.05, 4.69) is 5.32 Å². The monoisotopic (exact) mass is 365 g/mol. The van der Waals surface area contributed by atoms with Crippen LogP contribution >= 0.6 is 0 Å². The molecule has 142 valence electrons. The molecular weight excluding hydrogens is 342 g/mol. The van der Waals surface area contributed by atoms with Crippen LogP contribution in [-0.4, -0.2) is 42.6 Å². The molecule has 0 aromatic heterocycles. The average molecular weight is 365 g/mol. The average Bonchev–Trinajstić information content (AvgIpc) is 2.57. The van der Waals surface area contributed by atoms with E-state index in [1.165, 1.54) is 6.92 Å². The maximum Gasteiger partial charge on any atom is 0.329 e. The Bertz CT molecular complexity index is 647. The van der Waals surface area contributed by atoms with Gasteiger partial charge < -0.3 is 20.5 Å². The van der Waals surface area contributed by atoms with Gasteiger partial charge in [-0.1, -0.05) is 32.0 Å². The van der Waals surface area contributed by atoms with Crippen molar-refractivity contribution in [3.8, 4) is 5.75 Å². The summed E-state index contributed by atoms with van der Waals surface area (Å²) in [6.45, 7) is 4.42. The Balaban J connectivity index is 2.58. The summed E-state index contributed by atoms with van der Waals surface area (Å²) in [6.07, 6.45) is -1.24. The van der Waals surface area contributed by atoms with Gasteiger partial charge in [-0.05, 0) is 25.0 Å². The highest BCUT2D eigenvalue weighted by Gasteiger charge is 2.29. The molecule has 0 unspecified atom stereocenters. The third kappa shape index (κ3) is 7.20. The predicted molar refractivity (Wildman–Crippen MR) is 92.0 cm³/mol. The topological polar surface area (TPSA) is 137 Å². The number of para-hydroxylation sites is 1. The van der Waals surface area contributed by atoms with Gasteiger partial charge in [0.2, 0.25) is 0 Å². The fourth-order valence-corrected chi connectivity index (χ4v) is 1.90. The molecule has 1 rings (SSSR count). The van der Waals surface area contributed by atoms with Gasteiger partial charge in [-0.15, -0.1) is 0 Å². The molecule has 0 bridgehead atoms. The molecule has 4 N–H and O–H groups in total. The van der Waals surface area contributed by atoms with Gasteiger partial charge >= 0.3 is 12.0 Å². The molecule has 2 atom stereocenters. The summed E-state index contributed by atoms with van der Waals surface area (Å²) in [4.78, 5) is 46.5. The van der Waals surface area contributed by atoms with E-state index in [-0.39, 0.29) is 12.5 Å². The minimum Gasteiger partial charge on any atom is -0.484 e. The maximum atomic E-state index is 12.2. The van der Waals surface area contributed by atoms with E-state index in [1.807, 2.05) is 11.4 Å². The predicted octanol–water partition coefficient (Wildman–Crippen LogP) is 0.333. The van der Waals surface area contributed by atoms with Gasteiger partial charge in [0.15, 0.2) is 12.7 Å². The number of primary amides is 1. The zero-order chi connectivity index (χ0) is 19.7. The first-order valence-corrected chi connectivity index (χ1v) is 7.98. The first-order chi connectivity index (χ1) is 12.2. The molecule has 0 heterocycles. The number of benzene rings is 1. The number of amides is 4. The molecule has 0 aliphatic carbocycles. The van der Waals surface area contributed by atoms with Gasteiger partial charge in [-0.3, -0.25) is 14.9 Å². The van der Waals surface area contributed by atoms with Crippen molar-refractivity contribution in [1.29, 1.82) is 0 Å². The zero-order valence-electron chi connectivity index (χ0n) is 14.9. The first-order valence-electron chi connectivity index (χ1n) is 7.98. The number of esters is 1. The molecule has 9 heteroatoms. The van der Waals surface area contributed by atoms with Crippen LogP contribution in [0.4, 0.5) is 4.79 Å². The summed E-state index contributed by atoms with van der Waals surface area (Å²) in [7, 11) is 0. The molecule has 0 saturated carbocycles. The van der Waals surface area contributed by atoms with E-state index in [1.54, 1.807) is 38.1 Å². The second-order valence-electron chi connectivity index (χ2n) is 5.82. The van der Waals surface area contributed by atoms with Gasteiger partial charge in [0.05, 0.1) is 0 Å². The van der Waals surface area contributed by atoms with Crippen molar-refractivity contribution in [2.75, 3.05) is 6.61 Å². The third-order valence-corrected chi connectivity index (χ3v) is 3.26. The van der Waals surface area contributed by atoms with Crippen molar-refractivity contribution in [3.05, 3.63) is 30.3 Å². The van der Waals surface area contributed by atoms with Crippen LogP contribution in [0.15, 0.2) is 30.3 Å². The largest absolute Gasteiger partial charge is 0.484 e. The molecule has 0 spiro atoms. The lowest BCUT2D eigenvalue weighted by molar-refractivity contribution is -0.158.